The third-order valence-corrected chi connectivity index (χ3v) is 7.75. The van der Waals surface area contributed by atoms with Gasteiger partial charge in [-0.3, -0.25) is 14.9 Å². The monoisotopic (exact) mass is 471 g/mol. The number of nitro benzene ring substituents is 1. The fourth-order valence-electron chi connectivity index (χ4n) is 4.68. The Kier molecular flexibility index (Phi) is 5.65. The zero-order valence-corrected chi connectivity index (χ0v) is 19.1. The Morgan fingerprint density at radius 2 is 2.12 bits per heavy atom. The lowest BCUT2D eigenvalue weighted by Crippen LogP contribution is -2.37. The number of nitro groups is 1. The summed E-state index contributed by atoms with van der Waals surface area (Å²) in [5.41, 5.74) is 1.11. The Bertz CT molecular complexity index is 1250. The van der Waals surface area contributed by atoms with Gasteiger partial charge in [0, 0.05) is 37.1 Å². The number of ether oxygens (including phenoxy) is 1. The van der Waals surface area contributed by atoms with E-state index < -0.39 is 22.4 Å². The van der Waals surface area contributed by atoms with Crippen molar-refractivity contribution in [3.05, 3.63) is 54.7 Å². The van der Waals surface area contributed by atoms with Gasteiger partial charge in [0.2, 0.25) is 5.43 Å². The zero-order chi connectivity index (χ0) is 23.3. The van der Waals surface area contributed by atoms with E-state index >= 15 is 0 Å². The van der Waals surface area contributed by atoms with E-state index in [4.69, 9.17) is 4.74 Å². The van der Waals surface area contributed by atoms with E-state index in [9.17, 15) is 24.8 Å². The van der Waals surface area contributed by atoms with E-state index in [1.165, 1.54) is 17.2 Å². The van der Waals surface area contributed by atoms with Gasteiger partial charge in [0.1, 0.15) is 11.3 Å². The molecular formula is C23H25N3O6S. The predicted octanol–water partition coefficient (Wildman–Crippen LogP) is 3.38. The van der Waals surface area contributed by atoms with Crippen LogP contribution >= 0.6 is 11.8 Å². The van der Waals surface area contributed by atoms with E-state index in [2.05, 4.69) is 0 Å². The highest BCUT2D eigenvalue weighted by molar-refractivity contribution is 8.03. The van der Waals surface area contributed by atoms with Gasteiger partial charge in [-0.05, 0) is 49.2 Å². The van der Waals surface area contributed by atoms with E-state index in [1.54, 1.807) is 24.8 Å². The van der Waals surface area contributed by atoms with Gasteiger partial charge in [-0.2, -0.15) is 0 Å². The highest BCUT2D eigenvalue weighted by atomic mass is 32.2. The quantitative estimate of drug-likeness (QED) is 0.401. The van der Waals surface area contributed by atoms with Gasteiger partial charge in [0.25, 0.3) is 5.69 Å². The van der Waals surface area contributed by atoms with Crippen molar-refractivity contribution < 1.29 is 19.6 Å². The van der Waals surface area contributed by atoms with Crippen LogP contribution in [0.3, 0.4) is 0 Å². The van der Waals surface area contributed by atoms with Crippen molar-refractivity contribution in [3.63, 3.8) is 0 Å². The number of benzene rings is 1. The Morgan fingerprint density at radius 3 is 2.82 bits per heavy atom. The van der Waals surface area contributed by atoms with E-state index in [1.807, 2.05) is 9.47 Å². The molecule has 1 saturated carbocycles. The highest BCUT2D eigenvalue weighted by Gasteiger charge is 2.33. The highest BCUT2D eigenvalue weighted by Crippen LogP contribution is 2.42. The molecule has 2 aromatic rings. The van der Waals surface area contributed by atoms with Gasteiger partial charge in [0.15, 0.2) is 0 Å². The Labute approximate surface area is 194 Å². The van der Waals surface area contributed by atoms with Gasteiger partial charge in [-0.25, -0.2) is 4.79 Å². The molecule has 0 radical (unpaired) electrons. The van der Waals surface area contributed by atoms with E-state index in [-0.39, 0.29) is 29.3 Å². The molecule has 1 aromatic heterocycles. The molecule has 0 saturated heterocycles. The standard InChI is InChI=1S/C23H25N3O6S/c1-2-32-23(29)16-12-25(13-3-4-13)17-10-18(19(26(30)31)9-14(17)22(16)28)24-7-5-21-15(11-24)20(27)6-8-33-21/h9-10,12-13,20,27H,2-8,11H2,1H3. The molecule has 1 aromatic carbocycles. The first-order valence-corrected chi connectivity index (χ1v) is 12.2. The number of esters is 1. The molecule has 9 nitrogen and oxygen atoms in total. The van der Waals surface area contributed by atoms with Gasteiger partial charge in [-0.1, -0.05) is 0 Å². The van der Waals surface area contributed by atoms with Crippen molar-refractivity contribution in [1.29, 1.82) is 0 Å². The lowest BCUT2D eigenvalue weighted by atomic mass is 10.00. The summed E-state index contributed by atoms with van der Waals surface area (Å²) in [6.07, 6.45) is 4.24. The number of hydrogen-bond donors (Lipinski definition) is 1. The molecule has 10 heteroatoms. The minimum Gasteiger partial charge on any atom is -0.462 e. The smallest absolute Gasteiger partial charge is 0.343 e. The molecule has 1 atom stereocenters. The lowest BCUT2D eigenvalue weighted by molar-refractivity contribution is -0.384. The molecule has 1 aliphatic carbocycles. The molecule has 33 heavy (non-hydrogen) atoms. The van der Waals surface area contributed by atoms with Crippen molar-refractivity contribution in [2.45, 2.75) is 44.8 Å². The number of carbonyl (C=O) groups excluding carboxylic acids is 1. The molecule has 2 aliphatic heterocycles. The summed E-state index contributed by atoms with van der Waals surface area (Å²) >= 11 is 1.76. The molecule has 5 rings (SSSR count). The largest absolute Gasteiger partial charge is 0.462 e. The summed E-state index contributed by atoms with van der Waals surface area (Å²) in [6, 6.07) is 3.14. The van der Waals surface area contributed by atoms with Crippen LogP contribution in [-0.4, -0.2) is 52.1 Å². The third-order valence-electron chi connectivity index (χ3n) is 6.50. The maximum atomic E-state index is 13.1. The predicted molar refractivity (Wildman–Crippen MR) is 126 cm³/mol. The number of rotatable bonds is 5. The van der Waals surface area contributed by atoms with E-state index in [0.29, 0.717) is 30.7 Å². The van der Waals surface area contributed by atoms with Crippen LogP contribution in [-0.2, 0) is 4.74 Å². The second-order valence-corrected chi connectivity index (χ2v) is 9.81. The number of nitrogens with zero attached hydrogens (tertiary/aromatic N) is 3. The second-order valence-electron chi connectivity index (χ2n) is 8.62. The number of thioether (sulfide) groups is 1. The summed E-state index contributed by atoms with van der Waals surface area (Å²) in [7, 11) is 0. The average Bonchev–Trinajstić information content (AvgIpc) is 3.64. The second kappa shape index (κ2) is 8.49. The summed E-state index contributed by atoms with van der Waals surface area (Å²) in [4.78, 5) is 40.2. The van der Waals surface area contributed by atoms with Crippen molar-refractivity contribution in [2.24, 2.45) is 0 Å². The molecule has 0 spiro atoms. The molecule has 3 aliphatic rings. The van der Waals surface area contributed by atoms with Gasteiger partial charge >= 0.3 is 5.97 Å². The fourth-order valence-corrected chi connectivity index (χ4v) is 5.89. The molecule has 0 bridgehead atoms. The number of pyridine rings is 1. The first-order valence-electron chi connectivity index (χ1n) is 11.2. The fraction of sp³-hybridized carbons (Fsp3) is 0.478. The van der Waals surface area contributed by atoms with Gasteiger partial charge < -0.3 is 19.3 Å². The minimum absolute atomic E-state index is 0.103. The van der Waals surface area contributed by atoms with Crippen LogP contribution in [0.2, 0.25) is 0 Å². The van der Waals surface area contributed by atoms with Crippen molar-refractivity contribution in [2.75, 3.05) is 30.3 Å². The molecule has 1 unspecified atom stereocenters. The van der Waals surface area contributed by atoms with E-state index in [0.717, 1.165) is 30.6 Å². The van der Waals surface area contributed by atoms with Crippen LogP contribution in [0.15, 0.2) is 33.6 Å². The number of carbonyl (C=O) groups is 1. The number of fused-ring (bicyclic) bond motifs is 1. The number of hydrogen-bond acceptors (Lipinski definition) is 8. The Hall–Kier alpha value is -2.85. The third kappa shape index (κ3) is 3.91. The lowest BCUT2D eigenvalue weighted by Gasteiger charge is -2.36. The van der Waals surface area contributed by atoms with Gasteiger partial charge in [-0.15, -0.1) is 11.8 Å². The van der Waals surface area contributed by atoms with Crippen LogP contribution < -0.4 is 10.3 Å². The number of aromatic nitrogens is 1. The van der Waals surface area contributed by atoms with Crippen molar-refractivity contribution in [3.8, 4) is 0 Å². The molecular weight excluding hydrogens is 446 g/mol. The topological polar surface area (TPSA) is 115 Å². The van der Waals surface area contributed by atoms with Crippen LogP contribution in [0.1, 0.15) is 49.0 Å². The minimum atomic E-state index is -0.718. The molecule has 3 heterocycles. The number of anilines is 1. The average molecular weight is 472 g/mol. The first kappa shape index (κ1) is 22.0. The SMILES string of the molecule is CCOC(=O)c1cn(C2CC2)c2cc(N3CCC4=C(C3)C(O)CCS4)c([N+](=O)[O-])cc2c1=O. The molecule has 174 valence electrons. The van der Waals surface area contributed by atoms with Crippen LogP contribution in [0, 0.1) is 10.1 Å². The summed E-state index contributed by atoms with van der Waals surface area (Å²) < 4.78 is 6.93. The summed E-state index contributed by atoms with van der Waals surface area (Å²) in [5, 5.41) is 22.7. The van der Waals surface area contributed by atoms with Gasteiger partial charge in [0.05, 0.1) is 28.5 Å². The van der Waals surface area contributed by atoms with Crippen molar-refractivity contribution in [1.82, 2.24) is 4.57 Å². The maximum absolute atomic E-state index is 13.1. The Morgan fingerprint density at radius 1 is 1.33 bits per heavy atom. The Balaban J connectivity index is 1.67. The first-order chi connectivity index (χ1) is 15.9. The van der Waals surface area contributed by atoms with Crippen molar-refractivity contribution >= 4 is 40.0 Å². The summed E-state index contributed by atoms with van der Waals surface area (Å²) in [5.74, 6) is 0.164. The molecule has 1 fully saturated rings. The molecule has 0 amide bonds. The molecule has 1 N–H and O–H groups in total. The zero-order valence-electron chi connectivity index (χ0n) is 18.3. The number of aliphatic hydroxyl groups is 1. The summed E-state index contributed by atoms with van der Waals surface area (Å²) in [6.45, 7) is 2.82. The van der Waals surface area contributed by atoms with Crippen LogP contribution in [0.25, 0.3) is 10.9 Å². The van der Waals surface area contributed by atoms with Crippen LogP contribution in [0.5, 0.6) is 0 Å². The normalized spacial score (nSPS) is 20.7. The van der Waals surface area contributed by atoms with Crippen LogP contribution in [0.4, 0.5) is 11.4 Å². The number of aliphatic hydroxyl groups excluding tert-OH is 1. The maximum Gasteiger partial charge on any atom is 0.343 e.